The fourth-order valence-electron chi connectivity index (χ4n) is 1.78. The minimum atomic E-state index is 0.815. The maximum Gasteiger partial charge on any atom is 0.0423 e. The predicted octanol–water partition coefficient (Wildman–Crippen LogP) is 5.43. The predicted molar refractivity (Wildman–Crippen MR) is 102 cm³/mol. The quantitative estimate of drug-likeness (QED) is 0.723. The highest BCUT2D eigenvalue weighted by molar-refractivity contribution is 5.65. The minimum absolute atomic E-state index is 0.815. The molecule has 22 heavy (non-hydrogen) atoms. The lowest BCUT2D eigenvalue weighted by Gasteiger charge is -2.22. The first-order chi connectivity index (χ1) is 10.5. The van der Waals surface area contributed by atoms with Crippen molar-refractivity contribution in [2.45, 2.75) is 47.5 Å². The zero-order valence-corrected chi connectivity index (χ0v) is 14.9. The Balaban J connectivity index is 0. The summed E-state index contributed by atoms with van der Waals surface area (Å²) in [5.74, 6) is 0. The number of rotatable bonds is 2. The van der Waals surface area contributed by atoms with Gasteiger partial charge in [0.1, 0.15) is 0 Å². The zero-order valence-electron chi connectivity index (χ0n) is 14.9. The summed E-state index contributed by atoms with van der Waals surface area (Å²) in [6.07, 6.45) is 10.3. The lowest BCUT2D eigenvalue weighted by atomic mass is 9.86. The Hall–Kier alpha value is -2.20. The summed E-state index contributed by atoms with van der Waals surface area (Å²) in [6, 6.07) is 8.77. The van der Waals surface area contributed by atoms with Gasteiger partial charge in [0, 0.05) is 5.70 Å². The van der Waals surface area contributed by atoms with E-state index in [0.29, 0.717) is 0 Å². The third-order valence-electron chi connectivity index (χ3n) is 3.35. The van der Waals surface area contributed by atoms with E-state index in [9.17, 15) is 0 Å². The lowest BCUT2D eigenvalue weighted by Crippen LogP contribution is -2.15. The summed E-state index contributed by atoms with van der Waals surface area (Å²) < 4.78 is 0. The van der Waals surface area contributed by atoms with Gasteiger partial charge in [0.2, 0.25) is 0 Å². The van der Waals surface area contributed by atoms with Crippen LogP contribution in [-0.2, 0) is 12.8 Å². The zero-order chi connectivity index (χ0) is 17.7. The summed E-state index contributed by atoms with van der Waals surface area (Å²) >= 11 is 0. The van der Waals surface area contributed by atoms with Gasteiger partial charge in [-0.1, -0.05) is 65.1 Å². The fraction of sp³-hybridized carbons (Fsp3) is 0.333. The molecule has 0 unspecified atom stereocenters. The molecule has 2 rings (SSSR count). The summed E-state index contributed by atoms with van der Waals surface area (Å²) in [6.45, 7) is 17.8. The van der Waals surface area contributed by atoms with Crippen LogP contribution in [0.25, 0.3) is 0 Å². The van der Waals surface area contributed by atoms with Gasteiger partial charge in [-0.25, -0.2) is 0 Å². The number of terminal acetylenes is 1. The maximum atomic E-state index is 5.48. The normalized spacial score (nSPS) is 11.8. The van der Waals surface area contributed by atoms with Crippen molar-refractivity contribution >= 4 is 0 Å². The summed E-state index contributed by atoms with van der Waals surface area (Å²) in [7, 11) is 0. The van der Waals surface area contributed by atoms with Crippen molar-refractivity contribution in [3.8, 4) is 12.8 Å². The Bertz CT molecular complexity index is 489. The van der Waals surface area contributed by atoms with Gasteiger partial charge in [-0.2, -0.15) is 0 Å². The van der Waals surface area contributed by atoms with E-state index in [2.05, 4.69) is 64.1 Å². The monoisotopic (exact) mass is 297 g/mol. The van der Waals surface area contributed by atoms with Crippen LogP contribution in [0.2, 0.25) is 0 Å². The lowest BCUT2D eigenvalue weighted by molar-refractivity contribution is 1.09. The number of aryl methyl sites for hydroxylation is 2. The molecule has 0 saturated carbocycles. The molecule has 0 radical (unpaired) electrons. The molecule has 1 aliphatic rings. The molecule has 1 heteroatoms. The van der Waals surface area contributed by atoms with Crippen molar-refractivity contribution in [3.63, 3.8) is 0 Å². The smallest absolute Gasteiger partial charge is 0.0423 e. The SMILES string of the molecule is C#C.C=C1C(=C)C(N)=C1C.CC.CCc1cccc(CC)c1. The van der Waals surface area contributed by atoms with Crippen molar-refractivity contribution in [1.82, 2.24) is 0 Å². The molecule has 0 aliphatic heterocycles. The Morgan fingerprint density at radius 1 is 0.955 bits per heavy atom. The molecule has 0 aromatic heterocycles. The second-order valence-corrected chi connectivity index (χ2v) is 4.52. The van der Waals surface area contributed by atoms with Crippen LogP contribution in [0.5, 0.6) is 0 Å². The van der Waals surface area contributed by atoms with E-state index in [0.717, 1.165) is 35.3 Å². The van der Waals surface area contributed by atoms with Gasteiger partial charge in [-0.05, 0) is 47.6 Å². The van der Waals surface area contributed by atoms with Crippen molar-refractivity contribution in [3.05, 3.63) is 71.0 Å². The number of hydrogen-bond acceptors (Lipinski definition) is 1. The van der Waals surface area contributed by atoms with Crippen LogP contribution in [0, 0.1) is 12.8 Å². The van der Waals surface area contributed by atoms with Crippen LogP contribution < -0.4 is 5.73 Å². The summed E-state index contributed by atoms with van der Waals surface area (Å²) in [5.41, 5.74) is 12.2. The second kappa shape index (κ2) is 12.5. The topological polar surface area (TPSA) is 26.0 Å². The van der Waals surface area contributed by atoms with Gasteiger partial charge in [-0.15, -0.1) is 12.8 Å². The second-order valence-electron chi connectivity index (χ2n) is 4.52. The molecule has 0 fully saturated rings. The molecule has 0 saturated heterocycles. The summed E-state index contributed by atoms with van der Waals surface area (Å²) in [4.78, 5) is 0. The Labute approximate surface area is 137 Å². The molecule has 120 valence electrons. The van der Waals surface area contributed by atoms with Gasteiger partial charge in [-0.3, -0.25) is 0 Å². The molecule has 0 bridgehead atoms. The number of hydrogen-bond donors (Lipinski definition) is 1. The largest absolute Gasteiger partial charge is 0.398 e. The van der Waals surface area contributed by atoms with E-state index in [-0.39, 0.29) is 0 Å². The molecule has 0 atom stereocenters. The van der Waals surface area contributed by atoms with Gasteiger partial charge in [0.15, 0.2) is 0 Å². The van der Waals surface area contributed by atoms with Gasteiger partial charge in [0.05, 0.1) is 0 Å². The van der Waals surface area contributed by atoms with Crippen LogP contribution in [-0.4, -0.2) is 0 Å². The van der Waals surface area contributed by atoms with Gasteiger partial charge in [0.25, 0.3) is 0 Å². The standard InChI is InChI=1S/C10H14.C7H9N.C2H6.C2H2/c1-3-9-6-5-7-10(4-2)8-9;1-4-5(2)7(8)6(4)3;2*1-2/h5-8H,3-4H2,1-2H3;1-2,8H2,3H3;1-2H3;1-2H. The first kappa shape index (κ1) is 22.1. The molecule has 2 N–H and O–H groups in total. The molecule has 1 aromatic carbocycles. The molecular weight excluding hydrogens is 266 g/mol. The van der Waals surface area contributed by atoms with Crippen molar-refractivity contribution < 1.29 is 0 Å². The van der Waals surface area contributed by atoms with E-state index in [1.54, 1.807) is 0 Å². The Morgan fingerprint density at radius 3 is 1.59 bits per heavy atom. The molecule has 1 aromatic rings. The molecular formula is C21H31N. The van der Waals surface area contributed by atoms with Crippen LogP contribution in [0.3, 0.4) is 0 Å². The van der Waals surface area contributed by atoms with E-state index in [1.165, 1.54) is 11.1 Å². The number of benzene rings is 1. The van der Waals surface area contributed by atoms with E-state index in [4.69, 9.17) is 5.73 Å². The highest BCUT2D eigenvalue weighted by Crippen LogP contribution is 2.32. The van der Waals surface area contributed by atoms with Gasteiger partial charge >= 0.3 is 0 Å². The number of nitrogens with two attached hydrogens (primary N) is 1. The average molecular weight is 297 g/mol. The molecule has 0 heterocycles. The molecule has 0 spiro atoms. The maximum absolute atomic E-state index is 5.48. The Morgan fingerprint density at radius 2 is 1.36 bits per heavy atom. The van der Waals surface area contributed by atoms with E-state index >= 15 is 0 Å². The molecule has 1 aliphatic carbocycles. The fourth-order valence-corrected chi connectivity index (χ4v) is 1.78. The van der Waals surface area contributed by atoms with Crippen LogP contribution in [0.4, 0.5) is 0 Å². The molecule has 0 amide bonds. The third kappa shape index (κ3) is 6.50. The van der Waals surface area contributed by atoms with Crippen LogP contribution >= 0.6 is 0 Å². The molecule has 1 nitrogen and oxygen atoms in total. The van der Waals surface area contributed by atoms with E-state index in [1.807, 2.05) is 20.8 Å². The van der Waals surface area contributed by atoms with Crippen molar-refractivity contribution in [1.29, 1.82) is 0 Å². The highest BCUT2D eigenvalue weighted by Gasteiger charge is 2.18. The van der Waals surface area contributed by atoms with Crippen molar-refractivity contribution in [2.75, 3.05) is 0 Å². The van der Waals surface area contributed by atoms with Crippen molar-refractivity contribution in [2.24, 2.45) is 5.73 Å². The average Bonchev–Trinajstić information content (AvgIpc) is 2.63. The van der Waals surface area contributed by atoms with E-state index < -0.39 is 0 Å². The van der Waals surface area contributed by atoms with Gasteiger partial charge < -0.3 is 5.73 Å². The minimum Gasteiger partial charge on any atom is -0.398 e. The van der Waals surface area contributed by atoms with Crippen LogP contribution in [0.15, 0.2) is 59.8 Å². The first-order valence-electron chi connectivity index (χ1n) is 7.77. The summed E-state index contributed by atoms with van der Waals surface area (Å²) in [5, 5.41) is 0. The third-order valence-corrected chi connectivity index (χ3v) is 3.35. The highest BCUT2D eigenvalue weighted by atomic mass is 14.6. The van der Waals surface area contributed by atoms with Crippen LogP contribution in [0.1, 0.15) is 45.7 Å². The first-order valence-corrected chi connectivity index (χ1v) is 7.77. The Kier molecular flexibility index (Phi) is 12.6. The number of allylic oxidation sites excluding steroid dienone is 2.